The zero-order chi connectivity index (χ0) is 18.0. The molecule has 2 atom stereocenters. The minimum absolute atomic E-state index is 0.0855. The number of carboxylic acid groups (broad SMARTS) is 1. The number of nitrogens with zero attached hydrogens (tertiary/aromatic N) is 2. The van der Waals surface area contributed by atoms with Gasteiger partial charge in [0.25, 0.3) is 0 Å². The van der Waals surface area contributed by atoms with Crippen molar-refractivity contribution in [3.63, 3.8) is 0 Å². The smallest absolute Gasteiger partial charge is 0.339 e. The summed E-state index contributed by atoms with van der Waals surface area (Å²) in [5.41, 5.74) is 2.73. The molecule has 1 aliphatic heterocycles. The maximum atomic E-state index is 11.7. The SMILES string of the molecule is Cc1ccc2ncc(C(=O)O)c(NC(C)C(C)N3CCOCC3)c2c1. The molecule has 1 fully saturated rings. The number of anilines is 1. The Kier molecular flexibility index (Phi) is 5.20. The topological polar surface area (TPSA) is 74.7 Å². The van der Waals surface area contributed by atoms with Crippen molar-refractivity contribution in [3.8, 4) is 0 Å². The van der Waals surface area contributed by atoms with E-state index in [0.717, 1.165) is 42.8 Å². The van der Waals surface area contributed by atoms with Gasteiger partial charge in [-0.25, -0.2) is 4.79 Å². The molecule has 2 heterocycles. The van der Waals surface area contributed by atoms with Gasteiger partial charge in [-0.15, -0.1) is 0 Å². The average molecular weight is 343 g/mol. The number of morpholine rings is 1. The summed E-state index contributed by atoms with van der Waals surface area (Å²) < 4.78 is 5.42. The summed E-state index contributed by atoms with van der Waals surface area (Å²) in [7, 11) is 0. The number of hydrogen-bond acceptors (Lipinski definition) is 5. The highest BCUT2D eigenvalue weighted by molar-refractivity contribution is 6.04. The second-order valence-electron chi connectivity index (χ2n) is 6.69. The second-order valence-corrected chi connectivity index (χ2v) is 6.69. The zero-order valence-electron chi connectivity index (χ0n) is 15.0. The largest absolute Gasteiger partial charge is 0.478 e. The van der Waals surface area contributed by atoms with Crippen molar-refractivity contribution in [1.29, 1.82) is 0 Å². The van der Waals surface area contributed by atoms with E-state index in [-0.39, 0.29) is 17.6 Å². The van der Waals surface area contributed by atoms with Crippen LogP contribution < -0.4 is 5.32 Å². The molecule has 0 bridgehead atoms. The molecule has 0 spiro atoms. The van der Waals surface area contributed by atoms with Crippen molar-refractivity contribution in [2.24, 2.45) is 0 Å². The average Bonchev–Trinajstić information content (AvgIpc) is 2.61. The summed E-state index contributed by atoms with van der Waals surface area (Å²) in [5.74, 6) is -0.968. The molecule has 2 N–H and O–H groups in total. The van der Waals surface area contributed by atoms with Crippen molar-refractivity contribution in [3.05, 3.63) is 35.5 Å². The molecular weight excluding hydrogens is 318 g/mol. The van der Waals surface area contributed by atoms with Crippen molar-refractivity contribution in [1.82, 2.24) is 9.88 Å². The summed E-state index contributed by atoms with van der Waals surface area (Å²) in [4.78, 5) is 18.4. The predicted molar refractivity (Wildman–Crippen MR) is 98.4 cm³/mol. The van der Waals surface area contributed by atoms with Crippen LogP contribution >= 0.6 is 0 Å². The molecule has 0 amide bonds. The first kappa shape index (κ1) is 17.6. The molecule has 1 aliphatic rings. The third kappa shape index (κ3) is 3.75. The van der Waals surface area contributed by atoms with E-state index in [0.29, 0.717) is 5.69 Å². The Morgan fingerprint density at radius 3 is 2.72 bits per heavy atom. The molecule has 6 nitrogen and oxygen atoms in total. The number of hydrogen-bond donors (Lipinski definition) is 2. The molecule has 6 heteroatoms. The Hall–Kier alpha value is -2.18. The lowest BCUT2D eigenvalue weighted by Crippen LogP contribution is -2.48. The molecule has 3 rings (SSSR count). The normalized spacial score (nSPS) is 18.0. The van der Waals surface area contributed by atoms with E-state index in [1.165, 1.54) is 6.20 Å². The Morgan fingerprint density at radius 2 is 2.04 bits per heavy atom. The monoisotopic (exact) mass is 343 g/mol. The Balaban J connectivity index is 1.94. The molecule has 1 saturated heterocycles. The van der Waals surface area contributed by atoms with E-state index in [4.69, 9.17) is 4.74 Å². The number of nitrogens with one attached hydrogen (secondary N) is 1. The number of rotatable bonds is 5. The Morgan fingerprint density at radius 1 is 1.32 bits per heavy atom. The van der Waals surface area contributed by atoms with Gasteiger partial charge >= 0.3 is 5.97 Å². The van der Waals surface area contributed by atoms with Gasteiger partial charge in [-0.05, 0) is 32.9 Å². The van der Waals surface area contributed by atoms with Crippen LogP contribution in [0.1, 0.15) is 29.8 Å². The first-order valence-corrected chi connectivity index (χ1v) is 8.68. The molecule has 0 aliphatic carbocycles. The first-order valence-electron chi connectivity index (χ1n) is 8.68. The Labute approximate surface area is 147 Å². The van der Waals surface area contributed by atoms with Gasteiger partial charge < -0.3 is 15.2 Å². The Bertz CT molecular complexity index is 772. The maximum absolute atomic E-state index is 11.7. The zero-order valence-corrected chi connectivity index (χ0v) is 15.0. The standard InChI is InChI=1S/C19H25N3O3/c1-12-4-5-17-15(10-12)18(16(11-20-17)19(23)24)21-13(2)14(3)22-6-8-25-9-7-22/h4-5,10-11,13-14H,6-9H2,1-3H3,(H,20,21)(H,23,24). The van der Waals surface area contributed by atoms with Gasteiger partial charge in [0.2, 0.25) is 0 Å². The number of carbonyl (C=O) groups is 1. The molecule has 2 unspecified atom stereocenters. The lowest BCUT2D eigenvalue weighted by Gasteiger charge is -2.36. The number of aromatic nitrogens is 1. The fourth-order valence-electron chi connectivity index (χ4n) is 3.27. The van der Waals surface area contributed by atoms with E-state index >= 15 is 0 Å². The molecule has 0 radical (unpaired) electrons. The summed E-state index contributed by atoms with van der Waals surface area (Å²) in [6.45, 7) is 9.54. The van der Waals surface area contributed by atoms with E-state index in [1.807, 2.05) is 25.1 Å². The highest BCUT2D eigenvalue weighted by Crippen LogP contribution is 2.28. The van der Waals surface area contributed by atoms with E-state index in [9.17, 15) is 9.90 Å². The molecule has 1 aromatic carbocycles. The van der Waals surface area contributed by atoms with Gasteiger partial charge in [-0.2, -0.15) is 0 Å². The van der Waals surface area contributed by atoms with E-state index in [1.54, 1.807) is 0 Å². The molecule has 1 aromatic heterocycles. The lowest BCUT2D eigenvalue weighted by molar-refractivity contribution is 0.0176. The first-order chi connectivity index (χ1) is 12.0. The summed E-state index contributed by atoms with van der Waals surface area (Å²) in [6, 6.07) is 6.25. The van der Waals surface area contributed by atoms with Gasteiger partial charge in [0.1, 0.15) is 5.56 Å². The van der Waals surface area contributed by atoms with Crippen LogP contribution in [-0.4, -0.2) is 59.3 Å². The van der Waals surface area contributed by atoms with Gasteiger partial charge in [0.15, 0.2) is 0 Å². The van der Waals surface area contributed by atoms with Crippen molar-refractivity contribution in [2.45, 2.75) is 32.9 Å². The van der Waals surface area contributed by atoms with Crippen LogP contribution in [0.4, 0.5) is 5.69 Å². The van der Waals surface area contributed by atoms with Crippen LogP contribution in [0.25, 0.3) is 10.9 Å². The highest BCUT2D eigenvalue weighted by atomic mass is 16.5. The van der Waals surface area contributed by atoms with Crippen LogP contribution in [0, 0.1) is 6.92 Å². The summed E-state index contributed by atoms with van der Waals surface area (Å²) in [5, 5.41) is 13.9. The second kappa shape index (κ2) is 7.37. The summed E-state index contributed by atoms with van der Waals surface area (Å²) >= 11 is 0. The fraction of sp³-hybridized carbons (Fsp3) is 0.474. The molecular formula is C19H25N3O3. The van der Waals surface area contributed by atoms with Gasteiger partial charge in [-0.3, -0.25) is 9.88 Å². The van der Waals surface area contributed by atoms with Gasteiger partial charge in [0.05, 0.1) is 24.4 Å². The van der Waals surface area contributed by atoms with Crippen LogP contribution in [0.2, 0.25) is 0 Å². The minimum Gasteiger partial charge on any atom is -0.478 e. The fourth-order valence-corrected chi connectivity index (χ4v) is 3.27. The number of aryl methyl sites for hydroxylation is 1. The summed E-state index contributed by atoms with van der Waals surface area (Å²) in [6.07, 6.45) is 1.44. The molecule has 25 heavy (non-hydrogen) atoms. The minimum atomic E-state index is -0.968. The van der Waals surface area contributed by atoms with Gasteiger partial charge in [0, 0.05) is 36.8 Å². The van der Waals surface area contributed by atoms with Crippen LogP contribution in [0.15, 0.2) is 24.4 Å². The number of benzene rings is 1. The predicted octanol–water partition coefficient (Wildman–Crippen LogP) is 2.76. The number of fused-ring (bicyclic) bond motifs is 1. The third-order valence-electron chi connectivity index (χ3n) is 4.97. The van der Waals surface area contributed by atoms with Crippen molar-refractivity contribution >= 4 is 22.6 Å². The van der Waals surface area contributed by atoms with Crippen LogP contribution in [0.3, 0.4) is 0 Å². The maximum Gasteiger partial charge on any atom is 0.339 e. The van der Waals surface area contributed by atoms with E-state index < -0.39 is 5.97 Å². The van der Waals surface area contributed by atoms with Crippen LogP contribution in [-0.2, 0) is 4.74 Å². The van der Waals surface area contributed by atoms with Crippen LogP contribution in [0.5, 0.6) is 0 Å². The third-order valence-corrected chi connectivity index (χ3v) is 4.97. The number of aromatic carboxylic acids is 1. The van der Waals surface area contributed by atoms with Crippen molar-refractivity contribution < 1.29 is 14.6 Å². The number of pyridine rings is 1. The lowest BCUT2D eigenvalue weighted by atomic mass is 10.0. The van der Waals surface area contributed by atoms with Gasteiger partial charge in [-0.1, -0.05) is 11.6 Å². The molecule has 134 valence electrons. The highest BCUT2D eigenvalue weighted by Gasteiger charge is 2.24. The van der Waals surface area contributed by atoms with E-state index in [2.05, 4.69) is 29.0 Å². The molecule has 0 saturated carbocycles. The molecule has 2 aromatic rings. The quantitative estimate of drug-likeness (QED) is 0.869. The number of carboxylic acids is 1. The number of ether oxygens (including phenoxy) is 1. The van der Waals surface area contributed by atoms with Crippen molar-refractivity contribution in [2.75, 3.05) is 31.6 Å².